The maximum Gasteiger partial charge on any atom is 0.137 e. The lowest BCUT2D eigenvalue weighted by atomic mass is 10.4. The van der Waals surface area contributed by atoms with Gasteiger partial charge in [-0.3, -0.25) is 4.40 Å². The van der Waals surface area contributed by atoms with Gasteiger partial charge in [-0.1, -0.05) is 0 Å². The zero-order valence-electron chi connectivity index (χ0n) is 6.27. The molecule has 0 spiro atoms. The molecule has 3 heteroatoms. The third-order valence-corrected chi connectivity index (χ3v) is 2.88. The van der Waals surface area contributed by atoms with Crippen molar-refractivity contribution in [3.05, 3.63) is 36.0 Å². The smallest absolute Gasteiger partial charge is 0.137 e. The van der Waals surface area contributed by atoms with E-state index in [0.29, 0.717) is 0 Å². The fourth-order valence-corrected chi connectivity index (χ4v) is 2.26. The molecule has 0 saturated carbocycles. The van der Waals surface area contributed by atoms with Crippen LogP contribution in [0.25, 0.3) is 15.9 Å². The third-order valence-electron chi connectivity index (χ3n) is 1.96. The Labute approximate surface area is 73.1 Å². The number of rotatable bonds is 0. The van der Waals surface area contributed by atoms with Crippen LogP contribution >= 0.6 is 11.3 Å². The van der Waals surface area contributed by atoms with Crippen LogP contribution in [0.5, 0.6) is 0 Å². The molecule has 0 N–H and O–H groups in total. The Morgan fingerprint density at radius 1 is 1.33 bits per heavy atom. The molecule has 0 bridgehead atoms. The van der Waals surface area contributed by atoms with Gasteiger partial charge in [0.2, 0.25) is 0 Å². The summed E-state index contributed by atoms with van der Waals surface area (Å²) in [5.41, 5.74) is 1.02. The second-order valence-electron chi connectivity index (χ2n) is 2.68. The van der Waals surface area contributed by atoms with E-state index < -0.39 is 0 Å². The van der Waals surface area contributed by atoms with Gasteiger partial charge in [0.25, 0.3) is 0 Å². The quantitative estimate of drug-likeness (QED) is 0.512. The molecule has 0 fully saturated rings. The molecular formula is C9H6N2S. The highest BCUT2D eigenvalue weighted by Gasteiger charge is 1.99. The van der Waals surface area contributed by atoms with Crippen molar-refractivity contribution in [1.29, 1.82) is 0 Å². The molecule has 3 heterocycles. The highest BCUT2D eigenvalue weighted by Crippen LogP contribution is 2.20. The zero-order chi connectivity index (χ0) is 7.97. The highest BCUT2D eigenvalue weighted by molar-refractivity contribution is 7.16. The maximum atomic E-state index is 4.31. The topological polar surface area (TPSA) is 17.3 Å². The van der Waals surface area contributed by atoms with E-state index in [-0.39, 0.29) is 0 Å². The molecule has 2 nitrogen and oxygen atoms in total. The van der Waals surface area contributed by atoms with E-state index >= 15 is 0 Å². The SMILES string of the molecule is c1cc2ncc3ccsc3n2c1. The zero-order valence-corrected chi connectivity index (χ0v) is 7.08. The van der Waals surface area contributed by atoms with Crippen LogP contribution in [0.3, 0.4) is 0 Å². The summed E-state index contributed by atoms with van der Waals surface area (Å²) in [6, 6.07) is 6.12. The third kappa shape index (κ3) is 0.662. The van der Waals surface area contributed by atoms with Crippen molar-refractivity contribution < 1.29 is 0 Å². The van der Waals surface area contributed by atoms with Crippen molar-refractivity contribution in [3.8, 4) is 0 Å². The van der Waals surface area contributed by atoms with Gasteiger partial charge in [0.1, 0.15) is 10.5 Å². The van der Waals surface area contributed by atoms with Gasteiger partial charge in [-0.2, -0.15) is 0 Å². The summed E-state index contributed by atoms with van der Waals surface area (Å²) in [6.45, 7) is 0. The van der Waals surface area contributed by atoms with Gasteiger partial charge < -0.3 is 0 Å². The van der Waals surface area contributed by atoms with Gasteiger partial charge in [-0.15, -0.1) is 11.3 Å². The summed E-state index contributed by atoms with van der Waals surface area (Å²) in [7, 11) is 0. The molecule has 58 valence electrons. The van der Waals surface area contributed by atoms with Crippen molar-refractivity contribution >= 4 is 27.2 Å². The van der Waals surface area contributed by atoms with E-state index in [1.165, 1.54) is 10.2 Å². The second-order valence-corrected chi connectivity index (χ2v) is 3.57. The minimum atomic E-state index is 1.02. The monoisotopic (exact) mass is 174 g/mol. The van der Waals surface area contributed by atoms with Gasteiger partial charge in [0.05, 0.1) is 0 Å². The van der Waals surface area contributed by atoms with Crippen LogP contribution in [0.15, 0.2) is 36.0 Å². The first-order valence-corrected chi connectivity index (χ1v) is 4.62. The van der Waals surface area contributed by atoms with Crippen molar-refractivity contribution in [3.63, 3.8) is 0 Å². The van der Waals surface area contributed by atoms with Crippen LogP contribution in [0, 0.1) is 0 Å². The fourth-order valence-electron chi connectivity index (χ4n) is 1.39. The van der Waals surface area contributed by atoms with Gasteiger partial charge >= 0.3 is 0 Å². The van der Waals surface area contributed by atoms with Crippen molar-refractivity contribution in [2.75, 3.05) is 0 Å². The molecule has 0 amide bonds. The largest absolute Gasteiger partial charge is 0.292 e. The van der Waals surface area contributed by atoms with Crippen molar-refractivity contribution in [1.82, 2.24) is 9.38 Å². The van der Waals surface area contributed by atoms with Crippen LogP contribution in [0.2, 0.25) is 0 Å². The number of fused-ring (bicyclic) bond motifs is 3. The van der Waals surface area contributed by atoms with Crippen molar-refractivity contribution in [2.45, 2.75) is 0 Å². The number of hydrogen-bond donors (Lipinski definition) is 0. The fraction of sp³-hybridized carbons (Fsp3) is 0. The van der Waals surface area contributed by atoms with E-state index in [0.717, 1.165) is 5.65 Å². The minimum Gasteiger partial charge on any atom is -0.292 e. The number of nitrogens with zero attached hydrogens (tertiary/aromatic N) is 2. The first-order valence-electron chi connectivity index (χ1n) is 3.74. The first kappa shape index (κ1) is 6.20. The number of aromatic nitrogens is 2. The summed E-state index contributed by atoms with van der Waals surface area (Å²) >= 11 is 1.74. The van der Waals surface area contributed by atoms with E-state index in [1.54, 1.807) is 11.3 Å². The van der Waals surface area contributed by atoms with E-state index in [9.17, 15) is 0 Å². The maximum absolute atomic E-state index is 4.31. The summed E-state index contributed by atoms with van der Waals surface area (Å²) < 4.78 is 2.11. The second kappa shape index (κ2) is 2.08. The van der Waals surface area contributed by atoms with Crippen LogP contribution in [-0.2, 0) is 0 Å². The van der Waals surface area contributed by atoms with Crippen LogP contribution in [0.4, 0.5) is 0 Å². The van der Waals surface area contributed by atoms with Gasteiger partial charge in [0.15, 0.2) is 0 Å². The lowest BCUT2D eigenvalue weighted by molar-refractivity contribution is 1.21. The Bertz CT molecular complexity index is 486. The van der Waals surface area contributed by atoms with Gasteiger partial charge in [-0.05, 0) is 23.6 Å². The minimum absolute atomic E-state index is 1.02. The Kier molecular flexibility index (Phi) is 1.07. The van der Waals surface area contributed by atoms with Crippen molar-refractivity contribution in [2.24, 2.45) is 0 Å². The predicted molar refractivity (Wildman–Crippen MR) is 50.6 cm³/mol. The molecule has 0 aliphatic carbocycles. The molecule has 0 radical (unpaired) electrons. The summed E-state index contributed by atoms with van der Waals surface area (Å²) in [5.74, 6) is 0. The first-order chi connectivity index (χ1) is 5.95. The van der Waals surface area contributed by atoms with E-state index in [2.05, 4.69) is 20.8 Å². The molecule has 0 aliphatic heterocycles. The standard InChI is InChI=1S/C9H6N2S/c1-2-8-10-6-7-3-5-12-9(7)11(8)4-1/h1-6H. The molecule has 0 atom stereocenters. The molecule has 0 aromatic carbocycles. The normalized spacial score (nSPS) is 11.3. The summed E-state index contributed by atoms with van der Waals surface area (Å²) in [5, 5.41) is 3.30. The summed E-state index contributed by atoms with van der Waals surface area (Å²) in [6.07, 6.45) is 3.96. The van der Waals surface area contributed by atoms with Crippen LogP contribution in [-0.4, -0.2) is 9.38 Å². The van der Waals surface area contributed by atoms with Gasteiger partial charge in [0, 0.05) is 17.8 Å². The molecule has 3 aromatic heterocycles. The molecular weight excluding hydrogens is 168 g/mol. The lowest BCUT2D eigenvalue weighted by Crippen LogP contribution is -1.83. The highest BCUT2D eigenvalue weighted by atomic mass is 32.1. The van der Waals surface area contributed by atoms with E-state index in [1.807, 2.05) is 24.5 Å². The number of hydrogen-bond acceptors (Lipinski definition) is 2. The molecule has 0 saturated heterocycles. The molecule has 0 unspecified atom stereocenters. The Balaban J connectivity index is 2.71. The summed E-state index contributed by atoms with van der Waals surface area (Å²) in [4.78, 5) is 5.58. The van der Waals surface area contributed by atoms with E-state index in [4.69, 9.17) is 0 Å². The molecule has 12 heavy (non-hydrogen) atoms. The van der Waals surface area contributed by atoms with Crippen LogP contribution in [0.1, 0.15) is 0 Å². The molecule has 3 rings (SSSR count). The Hall–Kier alpha value is -1.35. The molecule has 3 aromatic rings. The lowest BCUT2D eigenvalue weighted by Gasteiger charge is -1.94. The Morgan fingerprint density at radius 2 is 2.33 bits per heavy atom. The average molecular weight is 174 g/mol. The Morgan fingerprint density at radius 3 is 3.33 bits per heavy atom. The number of thiophene rings is 1. The van der Waals surface area contributed by atoms with Gasteiger partial charge in [-0.25, -0.2) is 4.98 Å². The molecule has 0 aliphatic rings. The predicted octanol–water partition coefficient (Wildman–Crippen LogP) is 2.55. The van der Waals surface area contributed by atoms with Crippen LogP contribution < -0.4 is 0 Å². The average Bonchev–Trinajstić information content (AvgIpc) is 2.71.